The second-order valence-electron chi connectivity index (χ2n) is 10.8. The van der Waals surface area contributed by atoms with Crippen molar-refractivity contribution >= 4 is 32.7 Å². The average Bonchev–Trinajstić information content (AvgIpc) is 3.70. The number of phenols is 3. The standard InChI is InChI=1S/C35H31N3O4/c39-29-3-8-33-25(19-29)11-15-36(33)22-24-1-6-32(7-2-24)42-18-14-28(38-17-13-27-21-31(41)5-10-35(27)38)23-37-16-12-26-20-30(40)4-9-34(26)37/h1-13,15-17,19-21,28,39-41H,14,18,22-23H2. The first-order valence-corrected chi connectivity index (χ1v) is 14.1. The molecule has 0 radical (unpaired) electrons. The smallest absolute Gasteiger partial charge is 0.119 e. The molecule has 0 aliphatic carbocycles. The molecule has 3 aromatic heterocycles. The first-order chi connectivity index (χ1) is 20.5. The molecule has 0 saturated heterocycles. The summed E-state index contributed by atoms with van der Waals surface area (Å²) < 4.78 is 12.9. The molecule has 0 aliphatic rings. The highest BCUT2D eigenvalue weighted by Crippen LogP contribution is 2.29. The maximum Gasteiger partial charge on any atom is 0.119 e. The highest BCUT2D eigenvalue weighted by molar-refractivity contribution is 5.83. The van der Waals surface area contributed by atoms with Gasteiger partial charge in [0.1, 0.15) is 23.0 Å². The fraction of sp³-hybridized carbons (Fsp3) is 0.143. The number of hydrogen-bond donors (Lipinski definition) is 3. The Morgan fingerprint density at radius 1 is 0.571 bits per heavy atom. The van der Waals surface area contributed by atoms with Crippen molar-refractivity contribution in [1.82, 2.24) is 13.7 Å². The molecule has 7 nitrogen and oxygen atoms in total. The molecule has 3 heterocycles. The van der Waals surface area contributed by atoms with Crippen molar-refractivity contribution in [1.29, 1.82) is 0 Å². The summed E-state index contributed by atoms with van der Waals surface area (Å²) in [6.45, 7) is 1.99. The summed E-state index contributed by atoms with van der Waals surface area (Å²) in [7, 11) is 0. The van der Waals surface area contributed by atoms with Crippen LogP contribution < -0.4 is 4.74 Å². The van der Waals surface area contributed by atoms with Crippen molar-refractivity contribution in [3.05, 3.63) is 121 Å². The van der Waals surface area contributed by atoms with Gasteiger partial charge in [0.2, 0.25) is 0 Å². The van der Waals surface area contributed by atoms with E-state index in [4.69, 9.17) is 4.74 Å². The zero-order valence-corrected chi connectivity index (χ0v) is 23.0. The van der Waals surface area contributed by atoms with Gasteiger partial charge in [-0.3, -0.25) is 0 Å². The zero-order chi connectivity index (χ0) is 28.6. The van der Waals surface area contributed by atoms with Crippen LogP contribution in [0.2, 0.25) is 0 Å². The van der Waals surface area contributed by atoms with Crippen molar-refractivity contribution in [2.24, 2.45) is 0 Å². The van der Waals surface area contributed by atoms with Crippen LogP contribution in [0.15, 0.2) is 116 Å². The predicted molar refractivity (Wildman–Crippen MR) is 166 cm³/mol. The van der Waals surface area contributed by atoms with Gasteiger partial charge in [-0.05, 0) is 90.5 Å². The molecular weight excluding hydrogens is 526 g/mol. The molecule has 0 aliphatic heterocycles. The topological polar surface area (TPSA) is 84.7 Å². The minimum absolute atomic E-state index is 0.0946. The molecule has 0 fully saturated rings. The molecule has 0 bridgehead atoms. The maximum atomic E-state index is 9.98. The van der Waals surface area contributed by atoms with Gasteiger partial charge >= 0.3 is 0 Å². The van der Waals surface area contributed by atoms with Gasteiger partial charge in [0.15, 0.2) is 0 Å². The first kappa shape index (κ1) is 25.7. The minimum atomic E-state index is 0.0946. The Balaban J connectivity index is 1.07. The molecular formula is C35H31N3O4. The summed E-state index contributed by atoms with van der Waals surface area (Å²) in [5, 5.41) is 32.6. The van der Waals surface area contributed by atoms with Crippen LogP contribution in [0.25, 0.3) is 32.7 Å². The lowest BCUT2D eigenvalue weighted by atomic mass is 10.1. The van der Waals surface area contributed by atoms with Crippen molar-refractivity contribution < 1.29 is 20.1 Å². The van der Waals surface area contributed by atoms with Gasteiger partial charge in [0.25, 0.3) is 0 Å². The van der Waals surface area contributed by atoms with Crippen LogP contribution in [0.3, 0.4) is 0 Å². The number of phenolic OH excluding ortho intramolecular Hbond substituents is 3. The van der Waals surface area contributed by atoms with Crippen LogP contribution in [0.4, 0.5) is 0 Å². The summed E-state index contributed by atoms with van der Waals surface area (Å²) in [5.41, 5.74) is 4.37. The lowest BCUT2D eigenvalue weighted by molar-refractivity contribution is 0.269. The zero-order valence-electron chi connectivity index (χ0n) is 23.0. The van der Waals surface area contributed by atoms with E-state index in [2.05, 4.69) is 38.2 Å². The van der Waals surface area contributed by atoms with Gasteiger partial charge in [0.05, 0.1) is 12.6 Å². The van der Waals surface area contributed by atoms with Crippen molar-refractivity contribution in [2.45, 2.75) is 25.6 Å². The molecule has 7 rings (SSSR count). The molecule has 42 heavy (non-hydrogen) atoms. The van der Waals surface area contributed by atoms with E-state index in [9.17, 15) is 15.3 Å². The molecule has 0 amide bonds. The fourth-order valence-corrected chi connectivity index (χ4v) is 5.89. The third-order valence-electron chi connectivity index (χ3n) is 8.01. The number of aromatic hydroxyl groups is 3. The Kier molecular flexibility index (Phi) is 6.47. The van der Waals surface area contributed by atoms with E-state index in [1.165, 1.54) is 5.56 Å². The molecule has 7 aromatic rings. The Morgan fingerprint density at radius 3 is 1.79 bits per heavy atom. The summed E-state index contributed by atoms with van der Waals surface area (Å²) in [6, 6.07) is 30.7. The number of fused-ring (bicyclic) bond motifs is 3. The molecule has 7 heteroatoms. The third-order valence-corrected chi connectivity index (χ3v) is 8.01. The van der Waals surface area contributed by atoms with Crippen LogP contribution in [0.5, 0.6) is 23.0 Å². The highest BCUT2D eigenvalue weighted by Gasteiger charge is 2.16. The monoisotopic (exact) mass is 557 g/mol. The van der Waals surface area contributed by atoms with Gasteiger partial charge in [-0.1, -0.05) is 12.1 Å². The quantitative estimate of drug-likeness (QED) is 0.172. The number of benzene rings is 4. The first-order valence-electron chi connectivity index (χ1n) is 14.1. The third kappa shape index (κ3) is 5.01. The van der Waals surface area contributed by atoms with E-state index in [-0.39, 0.29) is 23.3 Å². The molecule has 0 saturated carbocycles. The molecule has 210 valence electrons. The summed E-state index contributed by atoms with van der Waals surface area (Å²) in [4.78, 5) is 0. The number of hydrogen-bond acceptors (Lipinski definition) is 4. The number of ether oxygens (including phenoxy) is 1. The van der Waals surface area contributed by atoms with E-state index >= 15 is 0 Å². The van der Waals surface area contributed by atoms with Crippen LogP contribution in [-0.2, 0) is 13.1 Å². The van der Waals surface area contributed by atoms with E-state index in [0.717, 1.165) is 58.0 Å². The van der Waals surface area contributed by atoms with Gasteiger partial charge < -0.3 is 33.8 Å². The van der Waals surface area contributed by atoms with Crippen molar-refractivity contribution in [2.75, 3.05) is 6.61 Å². The van der Waals surface area contributed by atoms with Gasteiger partial charge in [-0.25, -0.2) is 0 Å². The number of nitrogens with zero attached hydrogens (tertiary/aromatic N) is 3. The van der Waals surface area contributed by atoms with Crippen LogP contribution >= 0.6 is 0 Å². The number of rotatable bonds is 9. The van der Waals surface area contributed by atoms with Gasteiger partial charge in [-0.2, -0.15) is 0 Å². The SMILES string of the molecule is Oc1ccc2c(ccn2Cc2ccc(OCCC(Cn3ccc4cc(O)ccc43)n3ccc4cc(O)ccc43)cc2)c1. The second kappa shape index (κ2) is 10.6. The summed E-state index contributed by atoms with van der Waals surface area (Å²) in [5.74, 6) is 1.61. The molecule has 0 spiro atoms. The average molecular weight is 558 g/mol. The van der Waals surface area contributed by atoms with E-state index in [1.54, 1.807) is 36.4 Å². The van der Waals surface area contributed by atoms with Crippen molar-refractivity contribution in [3.63, 3.8) is 0 Å². The minimum Gasteiger partial charge on any atom is -0.508 e. The summed E-state index contributed by atoms with van der Waals surface area (Å²) in [6.07, 6.45) is 6.95. The van der Waals surface area contributed by atoms with E-state index < -0.39 is 0 Å². The molecule has 1 atom stereocenters. The molecule has 4 aromatic carbocycles. The largest absolute Gasteiger partial charge is 0.508 e. The second-order valence-corrected chi connectivity index (χ2v) is 10.8. The summed E-state index contributed by atoms with van der Waals surface area (Å²) >= 11 is 0. The number of aromatic nitrogens is 3. The van der Waals surface area contributed by atoms with Gasteiger partial charge in [-0.15, -0.1) is 0 Å². The van der Waals surface area contributed by atoms with Gasteiger partial charge in [0, 0.05) is 70.8 Å². The molecule has 3 N–H and O–H groups in total. The Morgan fingerprint density at radius 2 is 1.12 bits per heavy atom. The van der Waals surface area contributed by atoms with Crippen LogP contribution in [0.1, 0.15) is 18.0 Å². The fourth-order valence-electron chi connectivity index (χ4n) is 5.89. The van der Waals surface area contributed by atoms with E-state index in [1.807, 2.05) is 54.7 Å². The lowest BCUT2D eigenvalue weighted by Crippen LogP contribution is -2.18. The van der Waals surface area contributed by atoms with E-state index in [0.29, 0.717) is 6.61 Å². The Bertz CT molecular complexity index is 2020. The van der Waals surface area contributed by atoms with Crippen LogP contribution in [0, 0.1) is 0 Å². The molecule has 1 unspecified atom stereocenters. The lowest BCUT2D eigenvalue weighted by Gasteiger charge is -2.22. The predicted octanol–water partition coefficient (Wildman–Crippen LogP) is 7.43. The Hall–Kier alpha value is -5.30. The normalized spacial score (nSPS) is 12.4. The highest BCUT2D eigenvalue weighted by atomic mass is 16.5. The van der Waals surface area contributed by atoms with Crippen molar-refractivity contribution in [3.8, 4) is 23.0 Å². The maximum absolute atomic E-state index is 9.98. The van der Waals surface area contributed by atoms with Crippen LogP contribution in [-0.4, -0.2) is 35.6 Å². The Labute approximate surface area is 242 Å².